The quantitative estimate of drug-likeness (QED) is 0.732. The monoisotopic (exact) mass is 197 g/mol. The Morgan fingerprint density at radius 1 is 1.07 bits per heavy atom. The Kier molecular flexibility index (Phi) is 2.85. The van der Waals surface area contributed by atoms with Crippen LogP contribution in [-0.2, 0) is 4.74 Å². The molecule has 14 heavy (non-hydrogen) atoms. The molecule has 0 amide bonds. The lowest BCUT2D eigenvalue weighted by molar-refractivity contribution is -0.131. The summed E-state index contributed by atoms with van der Waals surface area (Å²) >= 11 is 0. The van der Waals surface area contributed by atoms with Gasteiger partial charge in [0.1, 0.15) is 0 Å². The van der Waals surface area contributed by atoms with E-state index >= 15 is 0 Å². The lowest BCUT2D eigenvalue weighted by Crippen LogP contribution is -2.60. The fourth-order valence-electron chi connectivity index (χ4n) is 2.93. The third-order valence-electron chi connectivity index (χ3n) is 3.58. The van der Waals surface area contributed by atoms with Gasteiger partial charge in [-0.15, -0.1) is 0 Å². The highest BCUT2D eigenvalue weighted by Gasteiger charge is 2.37. The molecule has 1 saturated carbocycles. The molecule has 2 fully saturated rings. The van der Waals surface area contributed by atoms with Crippen molar-refractivity contribution in [2.75, 3.05) is 13.1 Å². The number of rotatable bonds is 2. The molecule has 2 rings (SSSR count). The molecule has 0 bridgehead atoms. The largest absolute Gasteiger partial charge is 0.369 e. The molecular formula is C12H23NO. The first kappa shape index (κ1) is 10.4. The fraction of sp³-hybridized carbons (Fsp3) is 1.00. The van der Waals surface area contributed by atoms with Crippen LogP contribution in [0.25, 0.3) is 0 Å². The molecular weight excluding hydrogens is 174 g/mol. The molecule has 82 valence electrons. The van der Waals surface area contributed by atoms with Gasteiger partial charge in [-0.05, 0) is 38.0 Å². The molecule has 0 radical (unpaired) electrons. The summed E-state index contributed by atoms with van der Waals surface area (Å²) in [6.45, 7) is 9.01. The summed E-state index contributed by atoms with van der Waals surface area (Å²) in [5, 5.41) is 3.29. The Morgan fingerprint density at radius 2 is 1.64 bits per heavy atom. The third kappa shape index (κ3) is 2.29. The van der Waals surface area contributed by atoms with E-state index in [0.717, 1.165) is 24.9 Å². The van der Waals surface area contributed by atoms with Crippen molar-refractivity contribution in [3.8, 4) is 0 Å². The van der Waals surface area contributed by atoms with Gasteiger partial charge in [0, 0.05) is 13.1 Å². The Balaban J connectivity index is 1.84. The van der Waals surface area contributed by atoms with Gasteiger partial charge in [-0.3, -0.25) is 0 Å². The van der Waals surface area contributed by atoms with Crippen LogP contribution in [0.15, 0.2) is 0 Å². The maximum Gasteiger partial charge on any atom is 0.0905 e. The van der Waals surface area contributed by atoms with E-state index < -0.39 is 0 Å². The van der Waals surface area contributed by atoms with E-state index in [9.17, 15) is 0 Å². The molecule has 1 N–H and O–H groups in total. The van der Waals surface area contributed by atoms with E-state index in [-0.39, 0.29) is 5.60 Å². The minimum absolute atomic E-state index is 0.140. The molecule has 2 unspecified atom stereocenters. The van der Waals surface area contributed by atoms with Crippen molar-refractivity contribution in [2.45, 2.75) is 51.7 Å². The van der Waals surface area contributed by atoms with Gasteiger partial charge in [0.05, 0.1) is 11.7 Å². The normalized spacial score (nSPS) is 41.8. The molecule has 0 aromatic rings. The summed E-state index contributed by atoms with van der Waals surface area (Å²) in [7, 11) is 0. The van der Waals surface area contributed by atoms with Crippen LogP contribution in [0.5, 0.6) is 0 Å². The standard InChI is InChI=1S/C12H23NO/c1-9-4-10(2)6-11(5-9)14-12(3)7-13-8-12/h9-11,13H,4-8H2,1-3H3. The maximum atomic E-state index is 6.19. The van der Waals surface area contributed by atoms with E-state index in [0.29, 0.717) is 6.10 Å². The summed E-state index contributed by atoms with van der Waals surface area (Å²) in [6.07, 6.45) is 4.43. The van der Waals surface area contributed by atoms with Crippen molar-refractivity contribution in [2.24, 2.45) is 11.8 Å². The summed E-state index contributed by atoms with van der Waals surface area (Å²) in [4.78, 5) is 0. The smallest absolute Gasteiger partial charge is 0.0905 e. The summed E-state index contributed by atoms with van der Waals surface area (Å²) in [6, 6.07) is 0. The minimum Gasteiger partial charge on any atom is -0.369 e. The van der Waals surface area contributed by atoms with Gasteiger partial charge >= 0.3 is 0 Å². The van der Waals surface area contributed by atoms with Crippen LogP contribution in [0.2, 0.25) is 0 Å². The number of ether oxygens (including phenoxy) is 1. The maximum absolute atomic E-state index is 6.19. The number of nitrogens with one attached hydrogen (secondary N) is 1. The van der Waals surface area contributed by atoms with Crippen molar-refractivity contribution in [3.05, 3.63) is 0 Å². The number of hydrogen-bond donors (Lipinski definition) is 1. The van der Waals surface area contributed by atoms with Crippen molar-refractivity contribution in [1.29, 1.82) is 0 Å². The average Bonchev–Trinajstić information content (AvgIpc) is 1.99. The SMILES string of the molecule is CC1CC(C)CC(OC2(C)CNC2)C1. The van der Waals surface area contributed by atoms with E-state index in [2.05, 4.69) is 26.1 Å². The van der Waals surface area contributed by atoms with Gasteiger partial charge in [0.25, 0.3) is 0 Å². The second-order valence-electron chi connectivity index (χ2n) is 5.71. The van der Waals surface area contributed by atoms with E-state index in [1.54, 1.807) is 0 Å². The van der Waals surface area contributed by atoms with Gasteiger partial charge in [-0.25, -0.2) is 0 Å². The van der Waals surface area contributed by atoms with Crippen molar-refractivity contribution >= 4 is 0 Å². The predicted octanol–water partition coefficient (Wildman–Crippen LogP) is 2.19. The average molecular weight is 197 g/mol. The van der Waals surface area contributed by atoms with Crippen LogP contribution < -0.4 is 5.32 Å². The van der Waals surface area contributed by atoms with Crippen molar-refractivity contribution in [1.82, 2.24) is 5.32 Å². The number of hydrogen-bond acceptors (Lipinski definition) is 2. The fourth-order valence-corrected chi connectivity index (χ4v) is 2.93. The van der Waals surface area contributed by atoms with Gasteiger partial charge in [0.2, 0.25) is 0 Å². The van der Waals surface area contributed by atoms with Gasteiger partial charge < -0.3 is 10.1 Å². The first-order valence-electron chi connectivity index (χ1n) is 5.96. The molecule has 2 heteroatoms. The molecule has 0 spiro atoms. The van der Waals surface area contributed by atoms with E-state index in [4.69, 9.17) is 4.74 Å². The summed E-state index contributed by atoms with van der Waals surface area (Å²) in [5.41, 5.74) is 0.140. The topological polar surface area (TPSA) is 21.3 Å². The lowest BCUT2D eigenvalue weighted by atomic mass is 9.81. The Bertz CT molecular complexity index is 190. The first-order chi connectivity index (χ1) is 6.57. The molecule has 2 nitrogen and oxygen atoms in total. The molecule has 1 aliphatic heterocycles. The van der Waals surface area contributed by atoms with Crippen LogP contribution in [-0.4, -0.2) is 24.8 Å². The molecule has 0 aromatic heterocycles. The molecule has 1 aliphatic carbocycles. The van der Waals surface area contributed by atoms with Crippen LogP contribution in [0, 0.1) is 11.8 Å². The van der Waals surface area contributed by atoms with Crippen molar-refractivity contribution < 1.29 is 4.74 Å². The lowest BCUT2D eigenvalue weighted by Gasteiger charge is -2.44. The second kappa shape index (κ2) is 3.82. The van der Waals surface area contributed by atoms with Gasteiger partial charge in [0.15, 0.2) is 0 Å². The zero-order chi connectivity index (χ0) is 10.2. The highest BCUT2D eigenvalue weighted by Crippen LogP contribution is 2.33. The van der Waals surface area contributed by atoms with Gasteiger partial charge in [-0.2, -0.15) is 0 Å². The Morgan fingerprint density at radius 3 is 2.07 bits per heavy atom. The van der Waals surface area contributed by atoms with Crippen LogP contribution in [0.3, 0.4) is 0 Å². The molecule has 2 atom stereocenters. The predicted molar refractivity (Wildman–Crippen MR) is 58.3 cm³/mol. The van der Waals surface area contributed by atoms with Crippen LogP contribution >= 0.6 is 0 Å². The van der Waals surface area contributed by atoms with Gasteiger partial charge in [-0.1, -0.05) is 13.8 Å². The van der Waals surface area contributed by atoms with Crippen LogP contribution in [0.1, 0.15) is 40.0 Å². The molecule has 2 aliphatic rings. The zero-order valence-corrected chi connectivity index (χ0v) is 9.68. The molecule has 1 saturated heterocycles. The second-order valence-corrected chi connectivity index (χ2v) is 5.71. The third-order valence-corrected chi connectivity index (χ3v) is 3.58. The zero-order valence-electron chi connectivity index (χ0n) is 9.68. The van der Waals surface area contributed by atoms with Crippen LogP contribution in [0.4, 0.5) is 0 Å². The molecule has 1 heterocycles. The Labute approximate surface area is 87.4 Å². The summed E-state index contributed by atoms with van der Waals surface area (Å²) in [5.74, 6) is 1.70. The highest BCUT2D eigenvalue weighted by atomic mass is 16.5. The minimum atomic E-state index is 0.140. The first-order valence-corrected chi connectivity index (χ1v) is 5.96. The molecule has 0 aromatic carbocycles. The van der Waals surface area contributed by atoms with E-state index in [1.165, 1.54) is 19.3 Å². The van der Waals surface area contributed by atoms with Crippen molar-refractivity contribution in [3.63, 3.8) is 0 Å². The highest BCUT2D eigenvalue weighted by molar-refractivity contribution is 4.92. The van der Waals surface area contributed by atoms with E-state index in [1.807, 2.05) is 0 Å². The summed E-state index contributed by atoms with van der Waals surface area (Å²) < 4.78 is 6.19. The Hall–Kier alpha value is -0.0800.